The highest BCUT2D eigenvalue weighted by Crippen LogP contribution is 2.49. The quantitative estimate of drug-likeness (QED) is 0.545. The van der Waals surface area contributed by atoms with Gasteiger partial charge in [-0.25, -0.2) is 4.57 Å². The van der Waals surface area contributed by atoms with E-state index in [0.717, 1.165) is 12.0 Å². The number of aromatic nitrogens is 2. The Balaban J connectivity index is 1.98. The van der Waals surface area contributed by atoms with Gasteiger partial charge < -0.3 is 4.18 Å². The molecule has 0 saturated carbocycles. The second-order valence-corrected chi connectivity index (χ2v) is 6.76. The van der Waals surface area contributed by atoms with Crippen molar-refractivity contribution >= 4 is 10.3 Å². The van der Waals surface area contributed by atoms with Gasteiger partial charge in [0.15, 0.2) is 11.9 Å². The molecule has 3 heterocycles. The van der Waals surface area contributed by atoms with E-state index < -0.39 is 10.3 Å². The molecule has 2 unspecified atom stereocenters. The SMILES string of the molecule is O=S1(=O)Oc2cccc3c2-c2n1cc[n+]2C1C=CCC31. The van der Waals surface area contributed by atoms with Gasteiger partial charge in [0.25, 0.3) is 0 Å². The smallest absolute Gasteiger partial charge is 0.350 e. The van der Waals surface area contributed by atoms with E-state index in [-0.39, 0.29) is 6.04 Å². The van der Waals surface area contributed by atoms with Gasteiger partial charge in [-0.2, -0.15) is 0 Å². The van der Waals surface area contributed by atoms with E-state index in [1.165, 1.54) is 9.54 Å². The summed E-state index contributed by atoms with van der Waals surface area (Å²) >= 11 is 0. The molecule has 3 aliphatic rings. The number of nitrogens with zero attached hydrogens (tertiary/aromatic N) is 2. The van der Waals surface area contributed by atoms with Gasteiger partial charge >= 0.3 is 16.1 Å². The number of hydrogen-bond acceptors (Lipinski definition) is 3. The van der Waals surface area contributed by atoms with Crippen LogP contribution in [0.15, 0.2) is 42.7 Å². The van der Waals surface area contributed by atoms with Crippen LogP contribution in [0.2, 0.25) is 0 Å². The lowest BCUT2D eigenvalue weighted by Gasteiger charge is -2.28. The zero-order valence-electron chi connectivity index (χ0n) is 10.4. The molecule has 0 saturated heterocycles. The summed E-state index contributed by atoms with van der Waals surface area (Å²) in [6, 6.07) is 5.86. The molecule has 2 aliphatic heterocycles. The van der Waals surface area contributed by atoms with Gasteiger partial charge in [0, 0.05) is 5.92 Å². The van der Waals surface area contributed by atoms with Gasteiger partial charge in [-0.3, -0.25) is 0 Å². The lowest BCUT2D eigenvalue weighted by molar-refractivity contribution is -0.704. The maximum absolute atomic E-state index is 12.2. The standard InChI is InChI=1S/C14H11N2O3S/c17-20(18)16-8-7-15-11-5-1-3-9(11)10-4-2-6-12(19-20)13(10)14(15)16/h1-2,4-9,11H,3H2/q+1. The minimum Gasteiger partial charge on any atom is -0.350 e. The molecule has 0 bridgehead atoms. The molecule has 0 amide bonds. The monoisotopic (exact) mass is 287 g/mol. The van der Waals surface area contributed by atoms with Crippen molar-refractivity contribution in [2.45, 2.75) is 18.4 Å². The van der Waals surface area contributed by atoms with Crippen molar-refractivity contribution in [1.82, 2.24) is 3.97 Å². The summed E-state index contributed by atoms with van der Waals surface area (Å²) in [5.74, 6) is 1.50. The maximum atomic E-state index is 12.2. The van der Waals surface area contributed by atoms with Crippen molar-refractivity contribution in [1.29, 1.82) is 0 Å². The van der Waals surface area contributed by atoms with Gasteiger partial charge in [0.2, 0.25) is 0 Å². The van der Waals surface area contributed by atoms with E-state index in [4.69, 9.17) is 4.18 Å². The molecule has 0 spiro atoms. The first-order valence-electron chi connectivity index (χ1n) is 6.54. The molecule has 1 aromatic heterocycles. The summed E-state index contributed by atoms with van der Waals surface area (Å²) in [6.45, 7) is 0. The molecule has 5 rings (SSSR count). The van der Waals surface area contributed by atoms with Crippen LogP contribution in [-0.2, 0) is 10.3 Å². The first-order valence-corrected chi connectivity index (χ1v) is 7.91. The summed E-state index contributed by atoms with van der Waals surface area (Å²) in [6.07, 6.45) is 8.70. The summed E-state index contributed by atoms with van der Waals surface area (Å²) in [4.78, 5) is 0. The lowest BCUT2D eigenvalue weighted by atomic mass is 9.85. The van der Waals surface area contributed by atoms with Crippen LogP contribution in [0.25, 0.3) is 11.4 Å². The third-order valence-electron chi connectivity index (χ3n) is 4.39. The Morgan fingerprint density at radius 2 is 2.25 bits per heavy atom. The lowest BCUT2D eigenvalue weighted by Crippen LogP contribution is -2.46. The minimum atomic E-state index is -3.77. The summed E-state index contributed by atoms with van der Waals surface area (Å²) < 4.78 is 32.9. The van der Waals surface area contributed by atoms with Gasteiger partial charge in [-0.1, -0.05) is 22.2 Å². The Morgan fingerprint density at radius 3 is 3.15 bits per heavy atom. The van der Waals surface area contributed by atoms with Crippen molar-refractivity contribution in [2.75, 3.05) is 0 Å². The second kappa shape index (κ2) is 3.15. The Hall–Kier alpha value is -2.08. The van der Waals surface area contributed by atoms with Gasteiger partial charge in [0.1, 0.15) is 17.8 Å². The number of hydrogen-bond donors (Lipinski definition) is 0. The average molecular weight is 287 g/mol. The topological polar surface area (TPSA) is 52.2 Å². The molecule has 20 heavy (non-hydrogen) atoms. The Bertz CT molecular complexity index is 895. The largest absolute Gasteiger partial charge is 0.492 e. The number of fused-ring (bicyclic) bond motifs is 3. The van der Waals surface area contributed by atoms with E-state index in [0.29, 0.717) is 17.5 Å². The molecule has 0 N–H and O–H groups in total. The molecule has 6 heteroatoms. The molecule has 2 aromatic rings. The van der Waals surface area contributed by atoms with Gasteiger partial charge in [0.05, 0.1) is 0 Å². The zero-order chi connectivity index (χ0) is 13.5. The predicted molar refractivity (Wildman–Crippen MR) is 70.5 cm³/mol. The summed E-state index contributed by atoms with van der Waals surface area (Å²) in [5.41, 5.74) is 2.09. The van der Waals surface area contributed by atoms with Crippen LogP contribution in [0.3, 0.4) is 0 Å². The maximum Gasteiger partial charge on any atom is 0.492 e. The average Bonchev–Trinajstić information content (AvgIpc) is 3.04. The van der Waals surface area contributed by atoms with Gasteiger partial charge in [-0.15, -0.1) is 8.42 Å². The van der Waals surface area contributed by atoms with Crippen molar-refractivity contribution in [3.63, 3.8) is 0 Å². The van der Waals surface area contributed by atoms with E-state index in [1.807, 2.05) is 16.8 Å². The molecule has 2 atom stereocenters. The van der Waals surface area contributed by atoms with Crippen LogP contribution in [0.5, 0.6) is 5.75 Å². The number of allylic oxidation sites excluding steroid dienone is 2. The zero-order valence-corrected chi connectivity index (χ0v) is 11.2. The normalized spacial score (nSPS) is 26.8. The first kappa shape index (κ1) is 10.7. The van der Waals surface area contributed by atoms with Crippen molar-refractivity contribution < 1.29 is 17.2 Å². The highest BCUT2D eigenvalue weighted by molar-refractivity contribution is 7.85. The highest BCUT2D eigenvalue weighted by Gasteiger charge is 2.48. The summed E-state index contributed by atoms with van der Waals surface area (Å²) in [7, 11) is -3.77. The molecule has 5 nitrogen and oxygen atoms in total. The second-order valence-electron chi connectivity index (χ2n) is 5.35. The van der Waals surface area contributed by atoms with Crippen LogP contribution in [0, 0.1) is 0 Å². The van der Waals surface area contributed by atoms with E-state index in [2.05, 4.69) is 18.2 Å². The van der Waals surface area contributed by atoms with E-state index in [9.17, 15) is 8.42 Å². The molecular formula is C14H11N2O3S+. The third-order valence-corrected chi connectivity index (χ3v) is 5.56. The van der Waals surface area contributed by atoms with E-state index in [1.54, 1.807) is 12.3 Å². The molecule has 1 aromatic carbocycles. The Morgan fingerprint density at radius 1 is 1.35 bits per heavy atom. The number of benzene rings is 1. The van der Waals surface area contributed by atoms with Crippen LogP contribution in [0.1, 0.15) is 23.9 Å². The molecule has 0 radical (unpaired) electrons. The molecular weight excluding hydrogens is 276 g/mol. The highest BCUT2D eigenvalue weighted by atomic mass is 32.2. The minimum absolute atomic E-state index is 0.197. The fraction of sp³-hybridized carbons (Fsp3) is 0.214. The van der Waals surface area contributed by atoms with Crippen molar-refractivity contribution in [3.8, 4) is 17.1 Å². The van der Waals surface area contributed by atoms with Gasteiger partial charge in [-0.05, 0) is 24.1 Å². The van der Waals surface area contributed by atoms with E-state index >= 15 is 0 Å². The molecule has 100 valence electrons. The van der Waals surface area contributed by atoms with Crippen LogP contribution >= 0.6 is 0 Å². The van der Waals surface area contributed by atoms with Crippen molar-refractivity contribution in [3.05, 3.63) is 48.3 Å². The fourth-order valence-electron chi connectivity index (χ4n) is 3.60. The molecule has 0 fully saturated rings. The Labute approximate surface area is 116 Å². The predicted octanol–water partition coefficient (Wildman–Crippen LogP) is 1.53. The third kappa shape index (κ3) is 1.06. The first-order chi connectivity index (χ1) is 9.67. The summed E-state index contributed by atoms with van der Waals surface area (Å²) in [5, 5.41) is 0. The number of imidazole rings is 1. The van der Waals surface area contributed by atoms with Crippen LogP contribution in [0.4, 0.5) is 0 Å². The van der Waals surface area contributed by atoms with Crippen LogP contribution < -0.4 is 8.75 Å². The Kier molecular flexibility index (Phi) is 1.68. The fourth-order valence-corrected chi connectivity index (χ4v) is 4.65. The number of rotatable bonds is 0. The van der Waals surface area contributed by atoms with Crippen molar-refractivity contribution in [2.24, 2.45) is 0 Å². The molecule has 1 aliphatic carbocycles. The van der Waals surface area contributed by atoms with Crippen LogP contribution in [-0.4, -0.2) is 12.4 Å².